The molecule has 162 valence electrons. The van der Waals surface area contributed by atoms with Crippen LogP contribution in [-0.4, -0.2) is 67.2 Å². The molecular weight excluding hydrogens is 412 g/mol. The molecule has 3 amide bonds. The summed E-state index contributed by atoms with van der Waals surface area (Å²) in [7, 11) is -3.15. The van der Waals surface area contributed by atoms with Crippen LogP contribution in [-0.2, 0) is 24.2 Å². The summed E-state index contributed by atoms with van der Waals surface area (Å²) < 4.78 is 28.0. The first kappa shape index (κ1) is 21.9. The SMILES string of the molecule is CC(C)CC(C(=O)OCC(=O)NC1CCS(=O)(=O)C1)N1C(=O)c2ccccc2C1=O. The fraction of sp³-hybridized carbons (Fsp3) is 0.500. The fourth-order valence-corrected chi connectivity index (χ4v) is 5.33. The lowest BCUT2D eigenvalue weighted by Gasteiger charge is -2.26. The zero-order valence-electron chi connectivity index (χ0n) is 16.8. The van der Waals surface area contributed by atoms with Crippen molar-refractivity contribution in [2.45, 2.75) is 38.8 Å². The Kier molecular flexibility index (Phi) is 6.25. The summed E-state index contributed by atoms with van der Waals surface area (Å²) in [5, 5.41) is 2.53. The third-order valence-corrected chi connectivity index (χ3v) is 6.81. The number of ether oxygens (including phenoxy) is 1. The number of amides is 3. The van der Waals surface area contributed by atoms with Crippen molar-refractivity contribution in [3.05, 3.63) is 35.4 Å². The van der Waals surface area contributed by atoms with E-state index in [4.69, 9.17) is 4.74 Å². The number of carbonyl (C=O) groups excluding carboxylic acids is 4. The standard InChI is InChI=1S/C20H24N2O7S/c1-12(2)9-16(22-18(24)14-5-3-4-6-15(14)19(22)25)20(26)29-10-17(23)21-13-7-8-30(27,28)11-13/h3-6,12-13,16H,7-11H2,1-2H3,(H,21,23). The molecule has 3 rings (SSSR count). The van der Waals surface area contributed by atoms with E-state index in [0.717, 1.165) is 4.90 Å². The molecule has 2 heterocycles. The first-order chi connectivity index (χ1) is 14.1. The molecule has 0 aromatic heterocycles. The van der Waals surface area contributed by atoms with E-state index < -0.39 is 52.2 Å². The summed E-state index contributed by atoms with van der Waals surface area (Å²) in [4.78, 5) is 51.1. The Bertz CT molecular complexity index is 952. The van der Waals surface area contributed by atoms with Crippen LogP contribution in [0.15, 0.2) is 24.3 Å². The number of nitrogens with one attached hydrogen (secondary N) is 1. The highest BCUT2D eigenvalue weighted by atomic mass is 32.2. The Labute approximate surface area is 174 Å². The van der Waals surface area contributed by atoms with Gasteiger partial charge in [-0.2, -0.15) is 0 Å². The van der Waals surface area contributed by atoms with Gasteiger partial charge < -0.3 is 10.1 Å². The number of nitrogens with zero attached hydrogens (tertiary/aromatic N) is 1. The van der Waals surface area contributed by atoms with Gasteiger partial charge in [-0.25, -0.2) is 13.2 Å². The molecule has 0 aliphatic carbocycles. The molecular formula is C20H24N2O7S. The lowest BCUT2D eigenvalue weighted by Crippen LogP contribution is -2.47. The van der Waals surface area contributed by atoms with E-state index in [9.17, 15) is 27.6 Å². The van der Waals surface area contributed by atoms with E-state index in [1.165, 1.54) is 12.1 Å². The molecule has 0 spiro atoms. The number of imide groups is 1. The van der Waals surface area contributed by atoms with Gasteiger partial charge in [-0.3, -0.25) is 19.3 Å². The van der Waals surface area contributed by atoms with Gasteiger partial charge in [-0.05, 0) is 30.9 Å². The number of esters is 1. The van der Waals surface area contributed by atoms with Crippen molar-refractivity contribution in [2.24, 2.45) is 5.92 Å². The fourth-order valence-electron chi connectivity index (χ4n) is 3.66. The summed E-state index contributed by atoms with van der Waals surface area (Å²) >= 11 is 0. The van der Waals surface area contributed by atoms with E-state index in [-0.39, 0.29) is 35.0 Å². The van der Waals surface area contributed by atoms with Crippen LogP contribution >= 0.6 is 0 Å². The first-order valence-corrected chi connectivity index (χ1v) is 11.5. The van der Waals surface area contributed by atoms with E-state index in [2.05, 4.69) is 5.32 Å². The summed E-state index contributed by atoms with van der Waals surface area (Å²) in [6, 6.07) is 4.65. The molecule has 0 radical (unpaired) electrons. The average Bonchev–Trinajstić information content (AvgIpc) is 3.14. The molecule has 30 heavy (non-hydrogen) atoms. The predicted octanol–water partition coefficient (Wildman–Crippen LogP) is 0.544. The van der Waals surface area contributed by atoms with Gasteiger partial charge >= 0.3 is 5.97 Å². The van der Waals surface area contributed by atoms with Crippen molar-refractivity contribution in [2.75, 3.05) is 18.1 Å². The topological polar surface area (TPSA) is 127 Å². The van der Waals surface area contributed by atoms with Crippen molar-refractivity contribution >= 4 is 33.5 Å². The second-order valence-corrected chi connectivity index (χ2v) is 10.2. The molecule has 2 aliphatic rings. The molecule has 1 saturated heterocycles. The van der Waals surface area contributed by atoms with Crippen molar-refractivity contribution in [3.8, 4) is 0 Å². The van der Waals surface area contributed by atoms with Crippen molar-refractivity contribution < 1.29 is 32.3 Å². The molecule has 2 aliphatic heterocycles. The Morgan fingerprint density at radius 2 is 1.77 bits per heavy atom. The highest BCUT2D eigenvalue weighted by Gasteiger charge is 2.43. The smallest absolute Gasteiger partial charge is 0.329 e. The Morgan fingerprint density at radius 3 is 2.27 bits per heavy atom. The van der Waals surface area contributed by atoms with Crippen LogP contribution in [0.3, 0.4) is 0 Å². The number of hydrogen-bond acceptors (Lipinski definition) is 7. The van der Waals surface area contributed by atoms with Crippen LogP contribution < -0.4 is 5.32 Å². The highest BCUT2D eigenvalue weighted by molar-refractivity contribution is 7.91. The van der Waals surface area contributed by atoms with Crippen LogP contribution in [0, 0.1) is 5.92 Å². The number of carbonyl (C=O) groups is 4. The van der Waals surface area contributed by atoms with Crippen molar-refractivity contribution in [1.82, 2.24) is 10.2 Å². The van der Waals surface area contributed by atoms with Gasteiger partial charge in [0.1, 0.15) is 6.04 Å². The molecule has 0 saturated carbocycles. The van der Waals surface area contributed by atoms with E-state index in [1.54, 1.807) is 12.1 Å². The van der Waals surface area contributed by atoms with Crippen molar-refractivity contribution in [3.63, 3.8) is 0 Å². The van der Waals surface area contributed by atoms with Crippen LogP contribution in [0.5, 0.6) is 0 Å². The van der Waals surface area contributed by atoms with E-state index in [0.29, 0.717) is 6.42 Å². The van der Waals surface area contributed by atoms with Crippen LogP contribution in [0.4, 0.5) is 0 Å². The molecule has 1 aromatic carbocycles. The normalized spacial score (nSPS) is 20.9. The van der Waals surface area contributed by atoms with Gasteiger partial charge in [0, 0.05) is 6.04 Å². The minimum Gasteiger partial charge on any atom is -0.454 e. The Hall–Kier alpha value is -2.75. The van der Waals surface area contributed by atoms with Gasteiger partial charge in [0.2, 0.25) is 0 Å². The molecule has 1 fully saturated rings. The zero-order chi connectivity index (χ0) is 22.1. The maximum absolute atomic E-state index is 12.7. The largest absolute Gasteiger partial charge is 0.454 e. The van der Waals surface area contributed by atoms with Gasteiger partial charge in [0.25, 0.3) is 17.7 Å². The maximum Gasteiger partial charge on any atom is 0.329 e. The number of benzene rings is 1. The summed E-state index contributed by atoms with van der Waals surface area (Å²) in [5.41, 5.74) is 0.452. The van der Waals surface area contributed by atoms with Gasteiger partial charge in [0.05, 0.1) is 22.6 Å². The lowest BCUT2D eigenvalue weighted by atomic mass is 10.0. The number of hydrogen-bond donors (Lipinski definition) is 1. The highest BCUT2D eigenvalue weighted by Crippen LogP contribution is 2.27. The first-order valence-electron chi connectivity index (χ1n) is 9.72. The molecule has 0 bridgehead atoms. The second-order valence-electron chi connectivity index (χ2n) is 7.95. The number of fused-ring (bicyclic) bond motifs is 1. The van der Waals surface area contributed by atoms with Gasteiger partial charge in [-0.15, -0.1) is 0 Å². The summed E-state index contributed by atoms with van der Waals surface area (Å²) in [6.45, 7) is 3.06. The lowest BCUT2D eigenvalue weighted by molar-refractivity contribution is -0.153. The van der Waals surface area contributed by atoms with E-state index in [1.807, 2.05) is 13.8 Å². The molecule has 1 aromatic rings. The minimum atomic E-state index is -3.15. The Morgan fingerprint density at radius 1 is 1.17 bits per heavy atom. The molecule has 1 N–H and O–H groups in total. The minimum absolute atomic E-state index is 0.00788. The van der Waals surface area contributed by atoms with Crippen molar-refractivity contribution in [1.29, 1.82) is 0 Å². The third kappa shape index (κ3) is 4.69. The maximum atomic E-state index is 12.7. The number of sulfone groups is 1. The van der Waals surface area contributed by atoms with Crippen LogP contribution in [0.25, 0.3) is 0 Å². The third-order valence-electron chi connectivity index (χ3n) is 5.05. The summed E-state index contributed by atoms with van der Waals surface area (Å²) in [5.74, 6) is -2.78. The molecule has 2 unspecified atom stereocenters. The second kappa shape index (κ2) is 8.55. The van der Waals surface area contributed by atoms with Crippen LogP contribution in [0.2, 0.25) is 0 Å². The van der Waals surface area contributed by atoms with Gasteiger partial charge in [-0.1, -0.05) is 26.0 Å². The average molecular weight is 436 g/mol. The predicted molar refractivity (Wildman–Crippen MR) is 106 cm³/mol. The molecule has 9 nitrogen and oxygen atoms in total. The number of rotatable bonds is 7. The summed E-state index contributed by atoms with van der Waals surface area (Å²) in [6.07, 6.45) is 0.500. The Balaban J connectivity index is 1.66. The monoisotopic (exact) mass is 436 g/mol. The van der Waals surface area contributed by atoms with Gasteiger partial charge in [0.15, 0.2) is 16.4 Å². The van der Waals surface area contributed by atoms with E-state index >= 15 is 0 Å². The molecule has 10 heteroatoms. The quantitative estimate of drug-likeness (QED) is 0.488. The van der Waals surface area contributed by atoms with Crippen LogP contribution in [0.1, 0.15) is 47.4 Å². The molecule has 2 atom stereocenters. The zero-order valence-corrected chi connectivity index (χ0v) is 17.6.